The molecule has 4 rings (SSSR count). The van der Waals surface area contributed by atoms with E-state index in [1.165, 1.54) is 20.5 Å². The topological polar surface area (TPSA) is 88.1 Å². The number of ether oxygens (including phenoxy) is 2. The molecule has 1 aromatic rings. The number of amides is 1. The average molecular weight is 400 g/mol. The maximum atomic E-state index is 13.2. The number of carbonyl (C=O) groups excluding carboxylic acids is 2. The van der Waals surface area contributed by atoms with Crippen LogP contribution in [-0.2, 0) is 24.5 Å². The summed E-state index contributed by atoms with van der Waals surface area (Å²) < 4.78 is 10.2. The van der Waals surface area contributed by atoms with E-state index < -0.39 is 5.41 Å². The Hall–Kier alpha value is -2.54. The lowest BCUT2D eigenvalue weighted by Crippen LogP contribution is -2.53. The highest BCUT2D eigenvalue weighted by atomic mass is 16.5. The molecule has 0 bridgehead atoms. The standard InChI is InChI=1S/C22H28N2O5/c1-4-13-11-24-8-7-22(17-6-5-14(25)9-18(17)23-21(22)27)19(24)10-15(13)16(12-28-2)20(26)29-3/h5-6,9,12-13,15,19,25H,4,7-8,10-11H2,1-3H3,(H,23,27). The molecule has 0 radical (unpaired) electrons. The second-order valence-corrected chi connectivity index (χ2v) is 8.23. The lowest BCUT2D eigenvalue weighted by atomic mass is 9.67. The number of methoxy groups -OCH3 is 2. The van der Waals surface area contributed by atoms with E-state index in [2.05, 4.69) is 17.1 Å². The van der Waals surface area contributed by atoms with Gasteiger partial charge in [-0.2, -0.15) is 0 Å². The van der Waals surface area contributed by atoms with Gasteiger partial charge >= 0.3 is 5.97 Å². The monoisotopic (exact) mass is 400 g/mol. The van der Waals surface area contributed by atoms with Gasteiger partial charge in [-0.15, -0.1) is 0 Å². The number of phenols is 1. The number of aromatic hydroxyl groups is 1. The van der Waals surface area contributed by atoms with Gasteiger partial charge in [0.05, 0.1) is 31.5 Å². The van der Waals surface area contributed by atoms with Crippen LogP contribution < -0.4 is 5.32 Å². The summed E-state index contributed by atoms with van der Waals surface area (Å²) in [5, 5.41) is 12.8. The molecule has 2 fully saturated rings. The summed E-state index contributed by atoms with van der Waals surface area (Å²) in [5.74, 6) is -0.0191. The fraction of sp³-hybridized carbons (Fsp3) is 0.545. The molecule has 7 heteroatoms. The quantitative estimate of drug-likeness (QED) is 0.458. The number of nitrogens with one attached hydrogen (secondary N) is 1. The lowest BCUT2D eigenvalue weighted by Gasteiger charge is -2.45. The van der Waals surface area contributed by atoms with Crippen molar-refractivity contribution in [1.29, 1.82) is 0 Å². The first-order chi connectivity index (χ1) is 14.0. The van der Waals surface area contributed by atoms with E-state index >= 15 is 0 Å². The van der Waals surface area contributed by atoms with Gasteiger partial charge in [0.2, 0.25) is 5.91 Å². The molecule has 156 valence electrons. The van der Waals surface area contributed by atoms with E-state index in [4.69, 9.17) is 9.47 Å². The second kappa shape index (κ2) is 7.37. The van der Waals surface area contributed by atoms with Crippen molar-refractivity contribution in [2.75, 3.05) is 32.6 Å². The van der Waals surface area contributed by atoms with Gasteiger partial charge in [0, 0.05) is 24.3 Å². The van der Waals surface area contributed by atoms with E-state index in [0.717, 1.165) is 31.5 Å². The number of nitrogens with zero attached hydrogens (tertiary/aromatic N) is 1. The van der Waals surface area contributed by atoms with Crippen LogP contribution in [0.1, 0.15) is 31.7 Å². The third-order valence-corrected chi connectivity index (χ3v) is 7.05. The smallest absolute Gasteiger partial charge is 0.337 e. The number of rotatable bonds is 4. The van der Waals surface area contributed by atoms with Crippen LogP contribution in [0.5, 0.6) is 5.75 Å². The van der Waals surface area contributed by atoms with Gasteiger partial charge in [-0.3, -0.25) is 9.69 Å². The van der Waals surface area contributed by atoms with E-state index in [0.29, 0.717) is 17.7 Å². The van der Waals surface area contributed by atoms with Gasteiger partial charge in [-0.05, 0) is 42.9 Å². The normalized spacial score (nSPS) is 31.3. The third-order valence-electron chi connectivity index (χ3n) is 7.05. The number of benzene rings is 1. The maximum absolute atomic E-state index is 13.2. The highest BCUT2D eigenvalue weighted by Gasteiger charge is 2.60. The predicted molar refractivity (Wildman–Crippen MR) is 107 cm³/mol. The highest BCUT2D eigenvalue weighted by Crippen LogP contribution is 2.53. The van der Waals surface area contributed by atoms with Crippen molar-refractivity contribution in [3.05, 3.63) is 35.6 Å². The molecule has 0 aliphatic carbocycles. The molecule has 4 atom stereocenters. The molecule has 3 aliphatic heterocycles. The average Bonchev–Trinajstić information content (AvgIpc) is 3.22. The molecule has 1 spiro atoms. The number of piperidine rings is 1. The molecule has 0 aromatic heterocycles. The summed E-state index contributed by atoms with van der Waals surface area (Å²) in [5.41, 5.74) is 1.50. The highest BCUT2D eigenvalue weighted by molar-refractivity contribution is 6.07. The fourth-order valence-corrected chi connectivity index (χ4v) is 5.67. The molecule has 4 unspecified atom stereocenters. The van der Waals surface area contributed by atoms with Gasteiger partial charge in [0.15, 0.2) is 0 Å². The Labute approximate surface area is 170 Å². The fourth-order valence-electron chi connectivity index (χ4n) is 5.67. The molecular weight excluding hydrogens is 372 g/mol. The molecule has 2 saturated heterocycles. The first-order valence-corrected chi connectivity index (χ1v) is 10.2. The van der Waals surface area contributed by atoms with Crippen molar-refractivity contribution in [3.8, 4) is 5.75 Å². The largest absolute Gasteiger partial charge is 0.508 e. The van der Waals surface area contributed by atoms with Crippen LogP contribution in [0.15, 0.2) is 30.0 Å². The zero-order chi connectivity index (χ0) is 20.8. The van der Waals surface area contributed by atoms with Gasteiger partial charge in [0.1, 0.15) is 5.75 Å². The molecule has 0 saturated carbocycles. The minimum atomic E-state index is -0.658. The summed E-state index contributed by atoms with van der Waals surface area (Å²) in [6, 6.07) is 5.10. The van der Waals surface area contributed by atoms with Crippen LogP contribution in [0.2, 0.25) is 0 Å². The molecule has 1 amide bonds. The number of carbonyl (C=O) groups is 2. The molecule has 3 aliphatic rings. The lowest BCUT2D eigenvalue weighted by molar-refractivity contribution is -0.137. The summed E-state index contributed by atoms with van der Waals surface area (Å²) in [6.07, 6.45) is 3.83. The Balaban J connectivity index is 1.74. The van der Waals surface area contributed by atoms with E-state index in [9.17, 15) is 14.7 Å². The van der Waals surface area contributed by atoms with Crippen LogP contribution in [0.3, 0.4) is 0 Å². The zero-order valence-corrected chi connectivity index (χ0v) is 17.1. The summed E-state index contributed by atoms with van der Waals surface area (Å²) in [6.45, 7) is 3.79. The van der Waals surface area contributed by atoms with Gasteiger partial charge in [-0.25, -0.2) is 4.79 Å². The first kappa shape index (κ1) is 19.8. The van der Waals surface area contributed by atoms with Crippen molar-refractivity contribution >= 4 is 17.6 Å². The summed E-state index contributed by atoms with van der Waals surface area (Å²) in [4.78, 5) is 28.1. The Morgan fingerprint density at radius 2 is 2.21 bits per heavy atom. The minimum absolute atomic E-state index is 0.0189. The van der Waals surface area contributed by atoms with Crippen molar-refractivity contribution in [3.63, 3.8) is 0 Å². The van der Waals surface area contributed by atoms with Crippen LogP contribution in [0.4, 0.5) is 5.69 Å². The number of hydrogen-bond acceptors (Lipinski definition) is 6. The summed E-state index contributed by atoms with van der Waals surface area (Å²) >= 11 is 0. The van der Waals surface area contributed by atoms with Crippen molar-refractivity contribution in [2.24, 2.45) is 11.8 Å². The van der Waals surface area contributed by atoms with Crippen molar-refractivity contribution in [2.45, 2.75) is 37.6 Å². The predicted octanol–water partition coefficient (Wildman–Crippen LogP) is 2.41. The van der Waals surface area contributed by atoms with Crippen LogP contribution in [0, 0.1) is 11.8 Å². The Morgan fingerprint density at radius 3 is 2.90 bits per heavy atom. The Kier molecular flexibility index (Phi) is 5.02. The molecule has 3 heterocycles. The minimum Gasteiger partial charge on any atom is -0.508 e. The van der Waals surface area contributed by atoms with Crippen molar-refractivity contribution in [1.82, 2.24) is 4.90 Å². The first-order valence-electron chi connectivity index (χ1n) is 10.2. The van der Waals surface area contributed by atoms with Crippen molar-refractivity contribution < 1.29 is 24.2 Å². The van der Waals surface area contributed by atoms with Gasteiger partial charge in [0.25, 0.3) is 0 Å². The molecule has 7 nitrogen and oxygen atoms in total. The van der Waals surface area contributed by atoms with E-state index in [1.54, 1.807) is 12.1 Å². The zero-order valence-electron chi connectivity index (χ0n) is 17.1. The Bertz CT molecular complexity index is 867. The SMILES string of the molecule is CCC1CN2CCC3(C(=O)Nc4cc(O)ccc43)C2CC1C(=COC)C(=O)OC. The summed E-state index contributed by atoms with van der Waals surface area (Å²) in [7, 11) is 2.91. The van der Waals surface area contributed by atoms with E-state index in [-0.39, 0.29) is 35.5 Å². The maximum Gasteiger partial charge on any atom is 0.337 e. The third kappa shape index (κ3) is 2.90. The van der Waals surface area contributed by atoms with E-state index in [1.807, 2.05) is 6.07 Å². The molecule has 2 N–H and O–H groups in total. The molecule has 29 heavy (non-hydrogen) atoms. The number of hydrogen-bond donors (Lipinski definition) is 2. The van der Waals surface area contributed by atoms with Gasteiger partial charge < -0.3 is 19.9 Å². The second-order valence-electron chi connectivity index (χ2n) is 8.23. The van der Waals surface area contributed by atoms with Crippen LogP contribution in [-0.4, -0.2) is 55.2 Å². The molecule has 1 aromatic carbocycles. The Morgan fingerprint density at radius 1 is 1.41 bits per heavy atom. The van der Waals surface area contributed by atoms with Crippen LogP contribution in [0.25, 0.3) is 0 Å². The van der Waals surface area contributed by atoms with Gasteiger partial charge in [-0.1, -0.05) is 19.4 Å². The number of anilines is 1. The number of esters is 1. The molecular formula is C22H28N2O5. The number of phenolic OH excluding ortho intramolecular Hbond substituents is 1. The number of fused-ring (bicyclic) bond motifs is 4. The van der Waals surface area contributed by atoms with Crippen LogP contribution >= 0.6 is 0 Å².